The minimum atomic E-state index is -2.68. The number of nitrogens with zero attached hydrogens (tertiary/aromatic N) is 1. The highest BCUT2D eigenvalue weighted by atomic mass is 19.3. The van der Waals surface area contributed by atoms with Crippen LogP contribution in [0.4, 0.5) is 8.78 Å². The third-order valence-corrected chi connectivity index (χ3v) is 2.44. The van der Waals surface area contributed by atoms with Gasteiger partial charge in [0.15, 0.2) is 5.78 Å². The van der Waals surface area contributed by atoms with Gasteiger partial charge in [0.05, 0.1) is 5.57 Å². The smallest absolute Gasteiger partial charge is 0.256 e. The Balaban J connectivity index is 2.59. The van der Waals surface area contributed by atoms with E-state index in [1.165, 1.54) is 13.1 Å². The van der Waals surface area contributed by atoms with E-state index in [1.807, 2.05) is 0 Å². The second-order valence-corrected chi connectivity index (χ2v) is 4.50. The van der Waals surface area contributed by atoms with Crippen molar-refractivity contribution in [3.05, 3.63) is 11.8 Å². The molecule has 0 spiro atoms. The number of carbonyl (C=O) groups excluding carboxylic acids is 2. The molecule has 0 aromatic rings. The van der Waals surface area contributed by atoms with Crippen LogP contribution in [-0.4, -0.2) is 42.7 Å². The van der Waals surface area contributed by atoms with Gasteiger partial charge in [0.2, 0.25) is 0 Å². The molecule has 0 aromatic carbocycles. The fraction of sp³-hybridized carbons (Fsp3) is 0.636. The first-order valence-corrected chi connectivity index (χ1v) is 5.29. The standard InChI is InChI=1S/C11H16F2N2O2/c1-7(16)9(6-15(2)3)10(17)14-8-4-11(12,13)5-8/h6,8H,4-5H2,1-3H3,(H,14,17)/b9-6+. The van der Waals surface area contributed by atoms with Crippen LogP contribution in [0.5, 0.6) is 0 Å². The molecule has 6 heteroatoms. The normalized spacial score (nSPS) is 19.5. The Morgan fingerprint density at radius 2 is 1.88 bits per heavy atom. The summed E-state index contributed by atoms with van der Waals surface area (Å²) in [5.41, 5.74) is -0.0229. The molecule has 0 heterocycles. The van der Waals surface area contributed by atoms with Crippen molar-refractivity contribution in [2.75, 3.05) is 14.1 Å². The molecule has 0 saturated heterocycles. The molecule has 0 radical (unpaired) electrons. The average molecular weight is 246 g/mol. The summed E-state index contributed by atoms with van der Waals surface area (Å²) in [6.45, 7) is 1.27. The van der Waals surface area contributed by atoms with Crippen molar-refractivity contribution in [3.63, 3.8) is 0 Å². The molecule has 1 rings (SSSR count). The molecule has 0 bridgehead atoms. The predicted molar refractivity (Wildman–Crippen MR) is 58.6 cm³/mol. The summed E-state index contributed by atoms with van der Waals surface area (Å²) in [5, 5.41) is 2.42. The van der Waals surface area contributed by atoms with Crippen LogP contribution in [0, 0.1) is 0 Å². The lowest BCUT2D eigenvalue weighted by Gasteiger charge is -2.35. The monoisotopic (exact) mass is 246 g/mol. The Morgan fingerprint density at radius 1 is 1.35 bits per heavy atom. The van der Waals surface area contributed by atoms with E-state index in [-0.39, 0.29) is 24.2 Å². The number of carbonyl (C=O) groups is 2. The zero-order valence-corrected chi connectivity index (χ0v) is 10.1. The topological polar surface area (TPSA) is 49.4 Å². The molecule has 17 heavy (non-hydrogen) atoms. The van der Waals surface area contributed by atoms with Crippen molar-refractivity contribution < 1.29 is 18.4 Å². The summed E-state index contributed by atoms with van der Waals surface area (Å²) in [4.78, 5) is 24.5. The highest BCUT2D eigenvalue weighted by molar-refractivity contribution is 6.18. The van der Waals surface area contributed by atoms with Crippen molar-refractivity contribution >= 4 is 11.7 Å². The minimum absolute atomic E-state index is 0.0229. The highest BCUT2D eigenvalue weighted by Gasteiger charge is 2.46. The summed E-state index contributed by atoms with van der Waals surface area (Å²) >= 11 is 0. The number of hydrogen-bond donors (Lipinski definition) is 1. The summed E-state index contributed by atoms with van der Waals surface area (Å²) in [5.74, 6) is -3.66. The number of rotatable bonds is 4. The molecule has 0 aliphatic heterocycles. The summed E-state index contributed by atoms with van der Waals surface area (Å²) in [6.07, 6.45) is 0.673. The number of amides is 1. The molecule has 1 fully saturated rings. The number of hydrogen-bond acceptors (Lipinski definition) is 3. The van der Waals surface area contributed by atoms with Gasteiger partial charge in [-0.15, -0.1) is 0 Å². The molecule has 4 nitrogen and oxygen atoms in total. The zero-order valence-electron chi connectivity index (χ0n) is 10.1. The van der Waals surface area contributed by atoms with Gasteiger partial charge in [-0.2, -0.15) is 0 Å². The van der Waals surface area contributed by atoms with Gasteiger partial charge in [-0.05, 0) is 6.92 Å². The van der Waals surface area contributed by atoms with Gasteiger partial charge < -0.3 is 10.2 Å². The lowest BCUT2D eigenvalue weighted by Crippen LogP contribution is -2.51. The van der Waals surface area contributed by atoms with Gasteiger partial charge in [-0.3, -0.25) is 9.59 Å². The molecule has 96 valence electrons. The SMILES string of the molecule is CC(=O)/C(=C\N(C)C)C(=O)NC1CC(F)(F)C1. The van der Waals surface area contributed by atoms with E-state index < -0.39 is 17.9 Å². The van der Waals surface area contributed by atoms with Crippen LogP contribution < -0.4 is 5.32 Å². The third-order valence-electron chi connectivity index (χ3n) is 2.44. The van der Waals surface area contributed by atoms with Gasteiger partial charge in [-0.1, -0.05) is 0 Å². The second kappa shape index (κ2) is 4.81. The Kier molecular flexibility index (Phi) is 3.85. The minimum Gasteiger partial charge on any atom is -0.383 e. The lowest BCUT2D eigenvalue weighted by molar-refractivity contribution is -0.127. The van der Waals surface area contributed by atoms with Crippen molar-refractivity contribution in [2.24, 2.45) is 0 Å². The highest BCUT2D eigenvalue weighted by Crippen LogP contribution is 2.37. The maximum Gasteiger partial charge on any atom is 0.256 e. The Morgan fingerprint density at radius 3 is 2.24 bits per heavy atom. The van der Waals surface area contributed by atoms with E-state index in [0.29, 0.717) is 0 Å². The van der Waals surface area contributed by atoms with Gasteiger partial charge in [-0.25, -0.2) is 8.78 Å². The van der Waals surface area contributed by atoms with E-state index in [0.717, 1.165) is 0 Å². The Hall–Kier alpha value is -1.46. The molecule has 1 aliphatic rings. The fourth-order valence-electron chi connectivity index (χ4n) is 1.59. The molecule has 1 saturated carbocycles. The zero-order chi connectivity index (χ0) is 13.2. The lowest BCUT2D eigenvalue weighted by atomic mass is 9.88. The molecule has 1 amide bonds. The van der Waals surface area contributed by atoms with Gasteiger partial charge >= 0.3 is 0 Å². The molecule has 0 unspecified atom stereocenters. The summed E-state index contributed by atoms with van der Waals surface area (Å²) < 4.78 is 25.1. The van der Waals surface area contributed by atoms with E-state index in [9.17, 15) is 18.4 Å². The molecule has 0 aromatic heterocycles. The first kappa shape index (κ1) is 13.6. The third kappa shape index (κ3) is 3.80. The van der Waals surface area contributed by atoms with Crippen molar-refractivity contribution in [3.8, 4) is 0 Å². The van der Waals surface area contributed by atoms with Crippen LogP contribution in [0.25, 0.3) is 0 Å². The van der Waals surface area contributed by atoms with E-state index in [2.05, 4.69) is 5.32 Å². The average Bonchev–Trinajstić information content (AvgIpc) is 2.10. The molecule has 0 atom stereocenters. The fourth-order valence-corrected chi connectivity index (χ4v) is 1.59. The second-order valence-electron chi connectivity index (χ2n) is 4.50. The van der Waals surface area contributed by atoms with Gasteiger partial charge in [0.1, 0.15) is 0 Å². The van der Waals surface area contributed by atoms with E-state index >= 15 is 0 Å². The quantitative estimate of drug-likeness (QED) is 0.456. The first-order chi connectivity index (χ1) is 7.71. The Bertz CT molecular complexity index is 356. The van der Waals surface area contributed by atoms with E-state index in [4.69, 9.17) is 0 Å². The largest absolute Gasteiger partial charge is 0.383 e. The van der Waals surface area contributed by atoms with Crippen LogP contribution in [0.2, 0.25) is 0 Å². The number of halogens is 2. The van der Waals surface area contributed by atoms with E-state index in [1.54, 1.807) is 19.0 Å². The molecule has 1 N–H and O–H groups in total. The number of alkyl halides is 2. The van der Waals surface area contributed by atoms with Crippen LogP contribution in [-0.2, 0) is 9.59 Å². The molecule has 1 aliphatic carbocycles. The van der Waals surface area contributed by atoms with Crippen molar-refractivity contribution in [2.45, 2.75) is 31.7 Å². The van der Waals surface area contributed by atoms with Crippen molar-refractivity contribution in [1.29, 1.82) is 0 Å². The Labute approximate surface area is 98.7 Å². The van der Waals surface area contributed by atoms with Crippen LogP contribution in [0.15, 0.2) is 11.8 Å². The van der Waals surface area contributed by atoms with Crippen molar-refractivity contribution in [1.82, 2.24) is 10.2 Å². The van der Waals surface area contributed by atoms with Crippen LogP contribution in [0.1, 0.15) is 19.8 Å². The van der Waals surface area contributed by atoms with Crippen LogP contribution >= 0.6 is 0 Å². The summed E-state index contributed by atoms with van der Waals surface area (Å²) in [7, 11) is 3.35. The number of ketones is 1. The molecular weight excluding hydrogens is 230 g/mol. The molecular formula is C11H16F2N2O2. The van der Waals surface area contributed by atoms with Gasteiger partial charge in [0, 0.05) is 39.2 Å². The number of nitrogens with one attached hydrogen (secondary N) is 1. The first-order valence-electron chi connectivity index (χ1n) is 5.29. The van der Waals surface area contributed by atoms with Gasteiger partial charge in [0.25, 0.3) is 11.8 Å². The number of Topliss-reactive ketones (excluding diaryl/α,β-unsaturated/α-hetero) is 1. The maximum atomic E-state index is 12.6. The predicted octanol–water partition coefficient (Wildman–Crippen LogP) is 0.935. The van der Waals surface area contributed by atoms with Crippen LogP contribution in [0.3, 0.4) is 0 Å². The summed E-state index contributed by atoms with van der Waals surface area (Å²) in [6, 6.07) is -0.539. The maximum absolute atomic E-state index is 12.6.